The monoisotopic (exact) mass is 289 g/mol. The van der Waals surface area contributed by atoms with Crippen LogP contribution in [0.1, 0.15) is 0 Å². The van der Waals surface area contributed by atoms with Crippen molar-refractivity contribution < 1.29 is 0 Å². The van der Waals surface area contributed by atoms with Crippen molar-refractivity contribution in [2.75, 3.05) is 19.0 Å². The number of aromatic nitrogens is 2. The molecular weight excluding hydrogens is 278 g/mol. The summed E-state index contributed by atoms with van der Waals surface area (Å²) in [6, 6.07) is 9.99. The van der Waals surface area contributed by atoms with Gasteiger partial charge in [0.05, 0.1) is 10.4 Å². The fraction of sp³-hybridized carbons (Fsp3) is 0.143. The minimum Gasteiger partial charge on any atom is -0.378 e. The van der Waals surface area contributed by atoms with Crippen LogP contribution in [0.25, 0.3) is 21.6 Å². The zero-order valence-corrected chi connectivity index (χ0v) is 12.2. The first-order valence-corrected chi connectivity index (χ1v) is 7.09. The standard InChI is InChI=1S/C14H12ClN3S/c1-18(2)9-5-6-10-11(8-9)16-14(17-13(10)15)12-4-3-7-19-12/h3-8H,1-2H3. The minimum absolute atomic E-state index is 0.499. The Morgan fingerprint density at radius 3 is 2.68 bits per heavy atom. The van der Waals surface area contributed by atoms with Crippen molar-refractivity contribution in [3.63, 3.8) is 0 Å². The van der Waals surface area contributed by atoms with E-state index < -0.39 is 0 Å². The lowest BCUT2D eigenvalue weighted by molar-refractivity contribution is 1.13. The van der Waals surface area contributed by atoms with Gasteiger partial charge in [-0.3, -0.25) is 0 Å². The molecule has 1 aromatic carbocycles. The van der Waals surface area contributed by atoms with E-state index in [-0.39, 0.29) is 0 Å². The van der Waals surface area contributed by atoms with Gasteiger partial charge in [-0.15, -0.1) is 11.3 Å². The molecule has 3 nitrogen and oxygen atoms in total. The molecule has 96 valence electrons. The van der Waals surface area contributed by atoms with Gasteiger partial charge in [-0.2, -0.15) is 0 Å². The van der Waals surface area contributed by atoms with Gasteiger partial charge in [0.2, 0.25) is 0 Å². The molecule has 0 amide bonds. The van der Waals surface area contributed by atoms with E-state index in [2.05, 4.69) is 9.97 Å². The molecule has 0 fully saturated rings. The Morgan fingerprint density at radius 1 is 1.16 bits per heavy atom. The van der Waals surface area contributed by atoms with Crippen LogP contribution in [0.4, 0.5) is 5.69 Å². The number of hydrogen-bond donors (Lipinski definition) is 0. The lowest BCUT2D eigenvalue weighted by atomic mass is 10.2. The zero-order valence-electron chi connectivity index (χ0n) is 10.6. The Hall–Kier alpha value is -1.65. The molecule has 0 N–H and O–H groups in total. The fourth-order valence-corrected chi connectivity index (χ4v) is 2.77. The Balaban J connectivity index is 2.23. The number of anilines is 1. The molecule has 0 aliphatic carbocycles. The van der Waals surface area contributed by atoms with Gasteiger partial charge in [-0.25, -0.2) is 9.97 Å². The van der Waals surface area contributed by atoms with Gasteiger partial charge < -0.3 is 4.90 Å². The van der Waals surface area contributed by atoms with Gasteiger partial charge in [-0.05, 0) is 29.6 Å². The van der Waals surface area contributed by atoms with Crippen LogP contribution < -0.4 is 4.90 Å². The Kier molecular flexibility index (Phi) is 3.12. The van der Waals surface area contributed by atoms with E-state index in [9.17, 15) is 0 Å². The summed E-state index contributed by atoms with van der Waals surface area (Å²) in [6.07, 6.45) is 0. The van der Waals surface area contributed by atoms with E-state index in [0.717, 1.165) is 21.5 Å². The zero-order chi connectivity index (χ0) is 13.4. The third kappa shape index (κ3) is 2.29. The molecule has 0 radical (unpaired) electrons. The SMILES string of the molecule is CN(C)c1ccc2c(Cl)nc(-c3cccs3)nc2c1. The normalized spacial score (nSPS) is 10.9. The van der Waals surface area contributed by atoms with Crippen LogP contribution in [0, 0.1) is 0 Å². The summed E-state index contributed by atoms with van der Waals surface area (Å²) >= 11 is 7.86. The molecular formula is C14H12ClN3S. The van der Waals surface area contributed by atoms with Crippen molar-refractivity contribution in [2.24, 2.45) is 0 Å². The lowest BCUT2D eigenvalue weighted by Gasteiger charge is -2.13. The van der Waals surface area contributed by atoms with Crippen LogP contribution in [-0.4, -0.2) is 24.1 Å². The predicted molar refractivity (Wildman–Crippen MR) is 82.2 cm³/mol. The first-order valence-electron chi connectivity index (χ1n) is 5.83. The highest BCUT2D eigenvalue weighted by atomic mass is 35.5. The Bertz CT molecular complexity index is 723. The first-order chi connectivity index (χ1) is 9.15. The van der Waals surface area contributed by atoms with Crippen LogP contribution in [0.3, 0.4) is 0 Å². The molecule has 0 bridgehead atoms. The van der Waals surface area contributed by atoms with Crippen LogP contribution >= 0.6 is 22.9 Å². The second-order valence-electron chi connectivity index (χ2n) is 4.41. The summed E-state index contributed by atoms with van der Waals surface area (Å²) in [5.41, 5.74) is 1.97. The molecule has 0 saturated heterocycles. The second-order valence-corrected chi connectivity index (χ2v) is 5.72. The molecule has 5 heteroatoms. The minimum atomic E-state index is 0.499. The van der Waals surface area contributed by atoms with Gasteiger partial charge in [0.15, 0.2) is 5.82 Å². The number of rotatable bonds is 2. The highest BCUT2D eigenvalue weighted by molar-refractivity contribution is 7.13. The number of thiophene rings is 1. The summed E-state index contributed by atoms with van der Waals surface area (Å²) in [5.74, 6) is 0.684. The average molecular weight is 290 g/mol. The third-order valence-electron chi connectivity index (χ3n) is 2.89. The van der Waals surface area contributed by atoms with Crippen molar-refractivity contribution >= 4 is 39.5 Å². The Labute approximate surface area is 120 Å². The molecule has 0 aliphatic rings. The van der Waals surface area contributed by atoms with Crippen LogP contribution in [0.5, 0.6) is 0 Å². The average Bonchev–Trinajstić information content (AvgIpc) is 2.91. The highest BCUT2D eigenvalue weighted by Gasteiger charge is 2.09. The topological polar surface area (TPSA) is 29.0 Å². The van der Waals surface area contributed by atoms with Gasteiger partial charge in [0, 0.05) is 25.2 Å². The van der Waals surface area contributed by atoms with Crippen molar-refractivity contribution in [1.82, 2.24) is 9.97 Å². The van der Waals surface area contributed by atoms with E-state index in [0.29, 0.717) is 11.0 Å². The third-order valence-corrected chi connectivity index (χ3v) is 4.05. The number of nitrogens with zero attached hydrogens (tertiary/aromatic N) is 3. The molecule has 19 heavy (non-hydrogen) atoms. The predicted octanol–water partition coefficient (Wildman–Crippen LogP) is 4.08. The van der Waals surface area contributed by atoms with Crippen LogP contribution in [0.2, 0.25) is 5.15 Å². The molecule has 0 spiro atoms. The molecule has 3 rings (SSSR count). The molecule has 3 aromatic rings. The van der Waals surface area contributed by atoms with E-state index in [1.165, 1.54) is 0 Å². The van der Waals surface area contributed by atoms with Crippen LogP contribution in [0.15, 0.2) is 35.7 Å². The first kappa shape index (κ1) is 12.4. The largest absolute Gasteiger partial charge is 0.378 e. The summed E-state index contributed by atoms with van der Waals surface area (Å²) in [4.78, 5) is 12.0. The number of halogens is 1. The maximum Gasteiger partial charge on any atom is 0.171 e. The van der Waals surface area contributed by atoms with E-state index in [1.54, 1.807) is 11.3 Å². The molecule has 2 heterocycles. The van der Waals surface area contributed by atoms with E-state index in [4.69, 9.17) is 11.6 Å². The summed E-state index contributed by atoms with van der Waals surface area (Å²) < 4.78 is 0. The summed E-state index contributed by atoms with van der Waals surface area (Å²) in [7, 11) is 4.01. The van der Waals surface area contributed by atoms with Crippen molar-refractivity contribution in [3.05, 3.63) is 40.9 Å². The lowest BCUT2D eigenvalue weighted by Crippen LogP contribution is -2.08. The molecule has 2 aromatic heterocycles. The van der Waals surface area contributed by atoms with Crippen molar-refractivity contribution in [3.8, 4) is 10.7 Å². The smallest absolute Gasteiger partial charge is 0.171 e. The summed E-state index contributed by atoms with van der Waals surface area (Å²) in [5, 5.41) is 3.39. The van der Waals surface area contributed by atoms with Crippen molar-refractivity contribution in [2.45, 2.75) is 0 Å². The van der Waals surface area contributed by atoms with Gasteiger partial charge in [0.1, 0.15) is 5.15 Å². The molecule has 0 atom stereocenters. The van der Waals surface area contributed by atoms with E-state index in [1.807, 2.05) is 54.7 Å². The molecule has 0 aliphatic heterocycles. The second kappa shape index (κ2) is 4.79. The summed E-state index contributed by atoms with van der Waals surface area (Å²) in [6.45, 7) is 0. The number of fused-ring (bicyclic) bond motifs is 1. The maximum atomic E-state index is 6.25. The molecule has 0 unspecified atom stereocenters. The highest BCUT2D eigenvalue weighted by Crippen LogP contribution is 2.29. The fourth-order valence-electron chi connectivity index (χ4n) is 1.87. The Morgan fingerprint density at radius 2 is 2.00 bits per heavy atom. The van der Waals surface area contributed by atoms with Gasteiger partial charge >= 0.3 is 0 Å². The van der Waals surface area contributed by atoms with Crippen LogP contribution in [-0.2, 0) is 0 Å². The molecule has 0 saturated carbocycles. The van der Waals surface area contributed by atoms with E-state index >= 15 is 0 Å². The number of benzene rings is 1. The number of hydrogen-bond acceptors (Lipinski definition) is 4. The van der Waals surface area contributed by atoms with Gasteiger partial charge in [-0.1, -0.05) is 17.7 Å². The quantitative estimate of drug-likeness (QED) is 0.666. The van der Waals surface area contributed by atoms with Gasteiger partial charge in [0.25, 0.3) is 0 Å². The van der Waals surface area contributed by atoms with Crippen molar-refractivity contribution in [1.29, 1.82) is 0 Å². The maximum absolute atomic E-state index is 6.25.